The molecule has 7 heteroatoms. The van der Waals surface area contributed by atoms with E-state index < -0.39 is 0 Å². The first-order chi connectivity index (χ1) is 6.75. The van der Waals surface area contributed by atoms with Crippen molar-refractivity contribution in [2.75, 3.05) is 0 Å². The van der Waals surface area contributed by atoms with Crippen molar-refractivity contribution in [3.8, 4) is 0 Å². The molecule has 0 spiro atoms. The summed E-state index contributed by atoms with van der Waals surface area (Å²) in [6.07, 6.45) is 3.56. The molecule has 2 rings (SSSR count). The van der Waals surface area contributed by atoms with Gasteiger partial charge in [0.05, 0.1) is 5.25 Å². The van der Waals surface area contributed by atoms with Gasteiger partial charge in [0.15, 0.2) is 8.68 Å². The third kappa shape index (κ3) is 2.28. The molecule has 0 saturated heterocycles. The minimum Gasteiger partial charge on any atom is -0.348 e. The Kier molecular flexibility index (Phi) is 3.09. The highest BCUT2D eigenvalue weighted by atomic mass is 32.2. The van der Waals surface area contributed by atoms with Crippen LogP contribution in [-0.4, -0.2) is 20.2 Å². The molecule has 2 heterocycles. The predicted octanol–water partition coefficient (Wildman–Crippen LogP) is 2.40. The second kappa shape index (κ2) is 4.33. The average Bonchev–Trinajstić information content (AvgIpc) is 2.75. The maximum Gasteiger partial charge on any atom is 0.175 e. The van der Waals surface area contributed by atoms with Crippen LogP contribution in [0.25, 0.3) is 0 Å². The number of hydrogen-bond donors (Lipinski definition) is 2. The summed E-state index contributed by atoms with van der Waals surface area (Å²) in [5.41, 5.74) is 0. The summed E-state index contributed by atoms with van der Waals surface area (Å²) in [5.74, 6) is 0.950. The third-order valence-electron chi connectivity index (χ3n) is 1.58. The summed E-state index contributed by atoms with van der Waals surface area (Å²) >= 11 is 7.21. The van der Waals surface area contributed by atoms with Crippen molar-refractivity contribution in [3.05, 3.63) is 18.2 Å². The van der Waals surface area contributed by atoms with E-state index in [-0.39, 0.29) is 5.25 Å². The van der Waals surface area contributed by atoms with Crippen LogP contribution < -0.4 is 0 Å². The lowest BCUT2D eigenvalue weighted by molar-refractivity contribution is 0.933. The molecule has 4 nitrogen and oxygen atoms in total. The lowest BCUT2D eigenvalue weighted by Gasteiger charge is -2.03. The Morgan fingerprint density at radius 3 is 3.00 bits per heavy atom. The summed E-state index contributed by atoms with van der Waals surface area (Å²) in [5, 5.41) is 8.07. The zero-order valence-electron chi connectivity index (χ0n) is 7.34. The zero-order chi connectivity index (χ0) is 9.97. The van der Waals surface area contributed by atoms with E-state index in [1.807, 2.05) is 6.20 Å². The van der Waals surface area contributed by atoms with Gasteiger partial charge in [-0.05, 0) is 6.92 Å². The Bertz CT molecular complexity index is 397. The van der Waals surface area contributed by atoms with Crippen LogP contribution in [0, 0.1) is 0 Å². The van der Waals surface area contributed by atoms with Crippen LogP contribution in [0.4, 0.5) is 0 Å². The number of aromatic nitrogens is 4. The lowest BCUT2D eigenvalue weighted by atomic mass is 10.5. The number of thiol groups is 1. The molecule has 1 N–H and O–H groups in total. The molecule has 0 aliphatic carbocycles. The first-order valence-electron chi connectivity index (χ1n) is 3.94. The highest BCUT2D eigenvalue weighted by molar-refractivity contribution is 8.01. The van der Waals surface area contributed by atoms with Crippen molar-refractivity contribution < 1.29 is 0 Å². The molecule has 0 fully saturated rings. The molecule has 14 heavy (non-hydrogen) atoms. The fourth-order valence-corrected chi connectivity index (χ4v) is 3.26. The predicted molar refractivity (Wildman–Crippen MR) is 60.0 cm³/mol. The number of H-pyrrole nitrogens is 1. The summed E-state index contributed by atoms with van der Waals surface area (Å²) in [4.78, 5) is 7.25. The van der Waals surface area contributed by atoms with E-state index in [1.165, 1.54) is 11.3 Å². The van der Waals surface area contributed by atoms with Crippen molar-refractivity contribution in [2.24, 2.45) is 0 Å². The van der Waals surface area contributed by atoms with E-state index in [1.54, 1.807) is 18.0 Å². The van der Waals surface area contributed by atoms with Crippen LogP contribution in [0.1, 0.15) is 18.0 Å². The van der Waals surface area contributed by atoms with Crippen molar-refractivity contribution >= 4 is 35.7 Å². The highest BCUT2D eigenvalue weighted by Crippen LogP contribution is 2.35. The van der Waals surface area contributed by atoms with Gasteiger partial charge >= 0.3 is 0 Å². The normalized spacial score (nSPS) is 13.0. The summed E-state index contributed by atoms with van der Waals surface area (Å²) in [7, 11) is 0. The van der Waals surface area contributed by atoms with Crippen LogP contribution >= 0.6 is 35.7 Å². The first-order valence-corrected chi connectivity index (χ1v) is 6.08. The third-order valence-corrected chi connectivity index (χ3v) is 3.86. The molecule has 74 valence electrons. The Labute approximate surface area is 95.0 Å². The van der Waals surface area contributed by atoms with Gasteiger partial charge in [0.25, 0.3) is 0 Å². The molecule has 0 saturated carbocycles. The molecule has 2 aromatic rings. The van der Waals surface area contributed by atoms with E-state index in [4.69, 9.17) is 0 Å². The first kappa shape index (κ1) is 10.0. The largest absolute Gasteiger partial charge is 0.348 e. The van der Waals surface area contributed by atoms with Gasteiger partial charge in [-0.2, -0.15) is 0 Å². The quantitative estimate of drug-likeness (QED) is 0.643. The van der Waals surface area contributed by atoms with Gasteiger partial charge in [-0.3, -0.25) is 0 Å². The second-order valence-electron chi connectivity index (χ2n) is 2.59. The van der Waals surface area contributed by atoms with Crippen LogP contribution in [-0.2, 0) is 0 Å². The van der Waals surface area contributed by atoms with E-state index in [2.05, 4.69) is 39.7 Å². The summed E-state index contributed by atoms with van der Waals surface area (Å²) in [6, 6.07) is 0. The number of hydrogen-bond acceptors (Lipinski definition) is 6. The fraction of sp³-hybridized carbons (Fsp3) is 0.286. The van der Waals surface area contributed by atoms with Gasteiger partial charge in [-0.15, -0.1) is 22.8 Å². The van der Waals surface area contributed by atoms with E-state index in [9.17, 15) is 0 Å². The molecule has 0 bridgehead atoms. The molecule has 0 aliphatic heterocycles. The molecule has 0 aliphatic rings. The second-order valence-corrected chi connectivity index (χ2v) is 5.88. The van der Waals surface area contributed by atoms with Crippen LogP contribution in [0.2, 0.25) is 0 Å². The van der Waals surface area contributed by atoms with Gasteiger partial charge in [-0.1, -0.05) is 23.1 Å². The highest BCUT2D eigenvalue weighted by Gasteiger charge is 2.12. The Morgan fingerprint density at radius 1 is 1.57 bits per heavy atom. The van der Waals surface area contributed by atoms with Gasteiger partial charge in [0.1, 0.15) is 5.82 Å². The molecule has 0 radical (unpaired) electrons. The summed E-state index contributed by atoms with van der Waals surface area (Å²) in [6.45, 7) is 2.07. The monoisotopic (exact) mass is 244 g/mol. The van der Waals surface area contributed by atoms with Crippen molar-refractivity contribution in [1.29, 1.82) is 0 Å². The van der Waals surface area contributed by atoms with Crippen molar-refractivity contribution in [3.63, 3.8) is 0 Å². The van der Waals surface area contributed by atoms with E-state index >= 15 is 0 Å². The zero-order valence-corrected chi connectivity index (χ0v) is 9.86. The molecule has 2 aromatic heterocycles. The maximum absolute atomic E-state index is 4.18. The number of thioether (sulfide) groups is 1. The van der Waals surface area contributed by atoms with E-state index in [0.29, 0.717) is 4.34 Å². The number of nitrogens with one attached hydrogen (secondary N) is 1. The standard InChI is InChI=1S/C7H8N4S3/c1-4(5-8-2-3-9-5)13-7-11-10-6(12)14-7/h2-4H,1H3,(H,8,9)(H,10,12). The minimum atomic E-state index is 0.255. The SMILES string of the molecule is CC(Sc1nnc(S)s1)c1ncc[nH]1. The number of nitrogens with zero attached hydrogens (tertiary/aromatic N) is 3. The molecule has 1 unspecified atom stereocenters. The van der Waals surface area contributed by atoms with Crippen LogP contribution in [0.5, 0.6) is 0 Å². The van der Waals surface area contributed by atoms with E-state index in [0.717, 1.165) is 10.2 Å². The van der Waals surface area contributed by atoms with Gasteiger partial charge in [0, 0.05) is 12.4 Å². The lowest BCUT2D eigenvalue weighted by Crippen LogP contribution is -1.90. The smallest absolute Gasteiger partial charge is 0.175 e. The molecule has 0 aromatic carbocycles. The van der Waals surface area contributed by atoms with Gasteiger partial charge < -0.3 is 4.98 Å². The van der Waals surface area contributed by atoms with Crippen molar-refractivity contribution in [2.45, 2.75) is 20.9 Å². The number of rotatable bonds is 3. The summed E-state index contributed by atoms with van der Waals surface area (Å²) < 4.78 is 1.61. The minimum absolute atomic E-state index is 0.255. The number of imidazole rings is 1. The molecule has 0 amide bonds. The van der Waals surface area contributed by atoms with Gasteiger partial charge in [0.2, 0.25) is 0 Å². The fourth-order valence-electron chi connectivity index (χ4n) is 0.957. The molecule has 1 atom stereocenters. The van der Waals surface area contributed by atoms with Crippen molar-refractivity contribution in [1.82, 2.24) is 20.2 Å². The topological polar surface area (TPSA) is 54.5 Å². The van der Waals surface area contributed by atoms with Gasteiger partial charge in [-0.25, -0.2) is 4.98 Å². The Hall–Kier alpha value is -0.530. The van der Waals surface area contributed by atoms with Crippen LogP contribution in [0.15, 0.2) is 21.1 Å². The number of aromatic amines is 1. The average molecular weight is 244 g/mol. The Balaban J connectivity index is 2.05. The molecular weight excluding hydrogens is 236 g/mol. The molecular formula is C7H8N4S3. The van der Waals surface area contributed by atoms with Crippen LogP contribution in [0.3, 0.4) is 0 Å². The Morgan fingerprint density at radius 2 is 2.43 bits per heavy atom. The maximum atomic E-state index is 4.18.